The summed E-state index contributed by atoms with van der Waals surface area (Å²) in [4.78, 5) is 12.2. The molecule has 0 aliphatic heterocycles. The molecule has 5 nitrogen and oxygen atoms in total. The summed E-state index contributed by atoms with van der Waals surface area (Å²) in [6.45, 7) is 6.62. The summed E-state index contributed by atoms with van der Waals surface area (Å²) in [5.41, 5.74) is 0. The van der Waals surface area contributed by atoms with E-state index in [1.165, 1.54) is 0 Å². The van der Waals surface area contributed by atoms with Gasteiger partial charge in [-0.15, -0.1) is 0 Å². The van der Waals surface area contributed by atoms with Gasteiger partial charge in [0.2, 0.25) is 0 Å². The van der Waals surface area contributed by atoms with E-state index in [0.29, 0.717) is 5.75 Å². The molecule has 1 aromatic carbocycles. The van der Waals surface area contributed by atoms with Gasteiger partial charge in [0.15, 0.2) is 0 Å². The van der Waals surface area contributed by atoms with Crippen molar-refractivity contribution < 1.29 is 22.9 Å². The Kier molecular flexibility index (Phi) is 12.9. The number of phosphoric ester groups is 1. The van der Waals surface area contributed by atoms with Gasteiger partial charge in [0, 0.05) is 6.42 Å². The topological polar surface area (TPSA) is 61.8 Å². The Bertz CT molecular complexity index is 576. The van der Waals surface area contributed by atoms with Crippen LogP contribution in [0.4, 0.5) is 0 Å². The van der Waals surface area contributed by atoms with Gasteiger partial charge in [-0.3, -0.25) is 9.32 Å². The summed E-state index contributed by atoms with van der Waals surface area (Å²) in [6, 6.07) is 8.71. The molecule has 1 aromatic rings. The Morgan fingerprint density at radius 3 is 2.29 bits per heavy atom. The molecule has 0 saturated carbocycles. The average Bonchev–Trinajstić information content (AvgIpc) is 2.68. The Labute approximate surface area is 170 Å². The predicted octanol–water partition coefficient (Wildman–Crippen LogP) is 7.31. The van der Waals surface area contributed by atoms with Crippen LogP contribution >= 0.6 is 7.82 Å². The number of phosphoric acid groups is 1. The molecule has 2 unspecified atom stereocenters. The van der Waals surface area contributed by atoms with E-state index in [4.69, 9.17) is 13.6 Å². The molecule has 0 aliphatic carbocycles. The van der Waals surface area contributed by atoms with E-state index in [-0.39, 0.29) is 18.9 Å². The minimum absolute atomic E-state index is 0.224. The highest BCUT2D eigenvalue weighted by atomic mass is 31.2. The molecule has 1 rings (SSSR count). The molecule has 0 saturated heterocycles. The highest BCUT2D eigenvalue weighted by Gasteiger charge is 2.34. The maximum Gasteiger partial charge on any atom is 0.589 e. The third kappa shape index (κ3) is 10.9. The van der Waals surface area contributed by atoms with Crippen LogP contribution in [-0.2, 0) is 18.4 Å². The van der Waals surface area contributed by atoms with Crippen LogP contribution in [0, 0.1) is 5.92 Å². The van der Waals surface area contributed by atoms with E-state index >= 15 is 0 Å². The van der Waals surface area contributed by atoms with Gasteiger partial charge in [0.25, 0.3) is 0 Å². The first-order valence-corrected chi connectivity index (χ1v) is 12.2. The molecule has 160 valence electrons. The molecule has 0 fully saturated rings. The summed E-state index contributed by atoms with van der Waals surface area (Å²) < 4.78 is 29.5. The van der Waals surface area contributed by atoms with Gasteiger partial charge < -0.3 is 9.05 Å². The molecule has 0 spiro atoms. The van der Waals surface area contributed by atoms with Crippen LogP contribution in [0.2, 0.25) is 0 Å². The van der Waals surface area contributed by atoms with Crippen molar-refractivity contribution in [2.75, 3.05) is 6.61 Å². The monoisotopic (exact) mass is 412 g/mol. The first kappa shape index (κ1) is 24.7. The lowest BCUT2D eigenvalue weighted by atomic mass is 10.0. The summed E-state index contributed by atoms with van der Waals surface area (Å²) in [5.74, 6) is 0.0981. The van der Waals surface area contributed by atoms with Crippen LogP contribution in [0.15, 0.2) is 30.3 Å². The number of benzene rings is 1. The molecule has 0 aliphatic rings. The van der Waals surface area contributed by atoms with Crippen molar-refractivity contribution >= 4 is 13.8 Å². The molecule has 28 heavy (non-hydrogen) atoms. The van der Waals surface area contributed by atoms with E-state index in [1.54, 1.807) is 24.3 Å². The maximum atomic E-state index is 13.1. The third-order valence-corrected chi connectivity index (χ3v) is 6.00. The highest BCUT2D eigenvalue weighted by Crippen LogP contribution is 2.50. The number of para-hydroxylation sites is 1. The van der Waals surface area contributed by atoms with Crippen LogP contribution in [-0.4, -0.2) is 12.6 Å². The highest BCUT2D eigenvalue weighted by molar-refractivity contribution is 7.49. The Morgan fingerprint density at radius 1 is 0.964 bits per heavy atom. The fourth-order valence-corrected chi connectivity index (χ4v) is 4.08. The van der Waals surface area contributed by atoms with Gasteiger partial charge in [-0.25, -0.2) is 4.57 Å². The van der Waals surface area contributed by atoms with Crippen LogP contribution < -0.4 is 4.52 Å². The standard InChI is InChI=1S/C22H37O5P/c1-4-7-9-10-14-18-22(23)27-28(24,26-21-16-12-11-13-17-21)25-19-20(6-3)15-8-5-2/h11-13,16-17,20H,4-10,14-15,18-19H2,1-3H3. The lowest BCUT2D eigenvalue weighted by molar-refractivity contribution is -0.136. The molecule has 0 radical (unpaired) electrons. The molecule has 0 aromatic heterocycles. The Balaban J connectivity index is 2.66. The number of hydrogen-bond donors (Lipinski definition) is 0. The molecule has 0 heterocycles. The molecule has 0 amide bonds. The van der Waals surface area contributed by atoms with Crippen molar-refractivity contribution in [3.63, 3.8) is 0 Å². The molecule has 0 bridgehead atoms. The van der Waals surface area contributed by atoms with Gasteiger partial charge in [-0.1, -0.05) is 83.9 Å². The summed E-state index contributed by atoms with van der Waals surface area (Å²) >= 11 is 0. The maximum absolute atomic E-state index is 13.1. The first-order valence-electron chi connectivity index (χ1n) is 10.7. The van der Waals surface area contributed by atoms with Crippen LogP contribution in [0.25, 0.3) is 0 Å². The van der Waals surface area contributed by atoms with Crippen molar-refractivity contribution in [1.82, 2.24) is 0 Å². The van der Waals surface area contributed by atoms with E-state index in [1.807, 2.05) is 6.07 Å². The Hall–Kier alpha value is -1.32. The normalized spacial score (nSPS) is 14.2. The average molecular weight is 413 g/mol. The zero-order chi connectivity index (χ0) is 20.7. The van der Waals surface area contributed by atoms with Crippen molar-refractivity contribution in [2.45, 2.75) is 85.0 Å². The van der Waals surface area contributed by atoms with Gasteiger partial charge in [0.1, 0.15) is 5.75 Å². The van der Waals surface area contributed by atoms with Gasteiger partial charge in [-0.2, -0.15) is 0 Å². The lowest BCUT2D eigenvalue weighted by Gasteiger charge is -2.21. The zero-order valence-corrected chi connectivity index (χ0v) is 18.6. The second-order valence-corrected chi connectivity index (χ2v) is 8.71. The van der Waals surface area contributed by atoms with Crippen LogP contribution in [0.3, 0.4) is 0 Å². The summed E-state index contributed by atoms with van der Waals surface area (Å²) in [6.07, 6.45) is 9.39. The van der Waals surface area contributed by atoms with E-state index < -0.39 is 13.8 Å². The van der Waals surface area contributed by atoms with Crippen molar-refractivity contribution in [2.24, 2.45) is 5.92 Å². The van der Waals surface area contributed by atoms with Crippen molar-refractivity contribution in [1.29, 1.82) is 0 Å². The number of carbonyl (C=O) groups is 1. The summed E-state index contributed by atoms with van der Waals surface area (Å²) in [5, 5.41) is 0. The number of rotatable bonds is 16. The predicted molar refractivity (Wildman–Crippen MR) is 113 cm³/mol. The van der Waals surface area contributed by atoms with Crippen LogP contribution in [0.1, 0.15) is 85.0 Å². The molecule has 6 heteroatoms. The smallest absolute Gasteiger partial charge is 0.395 e. The second-order valence-electron chi connectivity index (χ2n) is 7.19. The lowest BCUT2D eigenvalue weighted by Crippen LogP contribution is -2.13. The van der Waals surface area contributed by atoms with E-state index in [9.17, 15) is 9.36 Å². The molecular weight excluding hydrogens is 375 g/mol. The minimum atomic E-state index is -4.01. The largest absolute Gasteiger partial charge is 0.589 e. The second kappa shape index (κ2) is 14.6. The van der Waals surface area contributed by atoms with E-state index in [0.717, 1.165) is 57.8 Å². The Morgan fingerprint density at radius 2 is 1.64 bits per heavy atom. The number of hydrogen-bond acceptors (Lipinski definition) is 5. The third-order valence-electron chi connectivity index (χ3n) is 4.67. The van der Waals surface area contributed by atoms with Crippen molar-refractivity contribution in [3.05, 3.63) is 30.3 Å². The quantitative estimate of drug-likeness (QED) is 0.210. The summed E-state index contributed by atoms with van der Waals surface area (Å²) in [7, 11) is -4.01. The first-order chi connectivity index (χ1) is 13.5. The molecule has 0 N–H and O–H groups in total. The van der Waals surface area contributed by atoms with Crippen LogP contribution in [0.5, 0.6) is 5.75 Å². The van der Waals surface area contributed by atoms with E-state index in [2.05, 4.69) is 20.8 Å². The number of carbonyl (C=O) groups excluding carboxylic acids is 1. The zero-order valence-electron chi connectivity index (χ0n) is 17.7. The van der Waals surface area contributed by atoms with Gasteiger partial charge in [-0.05, 0) is 30.9 Å². The van der Waals surface area contributed by atoms with Gasteiger partial charge in [0.05, 0.1) is 6.61 Å². The molecule has 2 atom stereocenters. The molecular formula is C22H37O5P. The minimum Gasteiger partial charge on any atom is -0.395 e. The fraction of sp³-hybridized carbons (Fsp3) is 0.682. The fourth-order valence-electron chi connectivity index (χ4n) is 2.82. The number of unbranched alkanes of at least 4 members (excludes halogenated alkanes) is 5. The van der Waals surface area contributed by atoms with Gasteiger partial charge >= 0.3 is 13.8 Å². The SMILES string of the molecule is CCCCCCCC(=O)OP(=O)(OCC(CC)CCCC)Oc1ccccc1. The van der Waals surface area contributed by atoms with Crippen molar-refractivity contribution in [3.8, 4) is 5.75 Å².